The summed E-state index contributed by atoms with van der Waals surface area (Å²) in [5.74, 6) is 0. The van der Waals surface area contributed by atoms with Crippen LogP contribution in [0.1, 0.15) is 41.4 Å². The van der Waals surface area contributed by atoms with Gasteiger partial charge in [0.15, 0.2) is 0 Å². The number of rotatable bonds is 4. The van der Waals surface area contributed by atoms with E-state index in [9.17, 15) is 0 Å². The van der Waals surface area contributed by atoms with Crippen LogP contribution in [-0.4, -0.2) is 18.1 Å². The molecule has 1 aromatic rings. The van der Waals surface area contributed by atoms with Crippen molar-refractivity contribution in [3.63, 3.8) is 0 Å². The highest BCUT2D eigenvalue weighted by atomic mass is 32.1. The molecule has 1 fully saturated rings. The molecule has 15 heavy (non-hydrogen) atoms. The van der Waals surface area contributed by atoms with Gasteiger partial charge in [-0.3, -0.25) is 0 Å². The first-order chi connectivity index (χ1) is 7.31. The number of aromatic nitrogens is 1. The predicted molar refractivity (Wildman–Crippen MR) is 62.2 cm³/mol. The number of hydrogen-bond acceptors (Lipinski definition) is 4. The van der Waals surface area contributed by atoms with Crippen molar-refractivity contribution in [2.75, 3.05) is 13.2 Å². The summed E-state index contributed by atoms with van der Waals surface area (Å²) in [6.07, 6.45) is 2.57. The first-order valence-corrected chi connectivity index (χ1v) is 6.41. The van der Waals surface area contributed by atoms with E-state index in [0.29, 0.717) is 0 Å². The second kappa shape index (κ2) is 5.05. The van der Waals surface area contributed by atoms with E-state index in [1.807, 2.05) is 0 Å². The zero-order valence-electron chi connectivity index (χ0n) is 9.38. The van der Waals surface area contributed by atoms with Crippen LogP contribution in [0.2, 0.25) is 0 Å². The van der Waals surface area contributed by atoms with Crippen molar-refractivity contribution in [3.05, 3.63) is 15.6 Å². The van der Waals surface area contributed by atoms with Crippen LogP contribution in [0.4, 0.5) is 0 Å². The van der Waals surface area contributed by atoms with Gasteiger partial charge in [0.2, 0.25) is 0 Å². The number of aryl methyl sites for hydroxylation is 1. The minimum Gasteiger partial charge on any atom is -0.371 e. The molecule has 84 valence electrons. The Morgan fingerprint density at radius 2 is 2.47 bits per heavy atom. The molecule has 1 aliphatic rings. The van der Waals surface area contributed by atoms with Crippen molar-refractivity contribution in [2.24, 2.45) is 0 Å². The Bertz CT molecular complexity index is 318. The van der Waals surface area contributed by atoms with Gasteiger partial charge >= 0.3 is 0 Å². The Morgan fingerprint density at radius 1 is 1.60 bits per heavy atom. The fourth-order valence-corrected chi connectivity index (χ4v) is 2.88. The number of nitrogens with one attached hydrogen (secondary N) is 1. The van der Waals surface area contributed by atoms with E-state index < -0.39 is 0 Å². The molecule has 0 amide bonds. The van der Waals surface area contributed by atoms with Gasteiger partial charge in [0, 0.05) is 18.0 Å². The van der Waals surface area contributed by atoms with E-state index in [4.69, 9.17) is 4.74 Å². The zero-order chi connectivity index (χ0) is 10.7. The second-order valence-corrected chi connectivity index (χ2v) is 4.96. The van der Waals surface area contributed by atoms with Gasteiger partial charge < -0.3 is 10.1 Å². The lowest BCUT2D eigenvalue weighted by Crippen LogP contribution is -2.11. The first kappa shape index (κ1) is 11.0. The summed E-state index contributed by atoms with van der Waals surface area (Å²) in [4.78, 5) is 5.95. The van der Waals surface area contributed by atoms with E-state index >= 15 is 0 Å². The lowest BCUT2D eigenvalue weighted by molar-refractivity contribution is 0.111. The van der Waals surface area contributed by atoms with Gasteiger partial charge in [0.1, 0.15) is 11.1 Å². The van der Waals surface area contributed by atoms with Crippen molar-refractivity contribution >= 4 is 11.3 Å². The van der Waals surface area contributed by atoms with Crippen molar-refractivity contribution in [1.29, 1.82) is 0 Å². The van der Waals surface area contributed by atoms with E-state index in [2.05, 4.69) is 24.1 Å². The van der Waals surface area contributed by atoms with Gasteiger partial charge in [-0.15, -0.1) is 11.3 Å². The Balaban J connectivity index is 2.06. The smallest absolute Gasteiger partial charge is 0.122 e. The quantitative estimate of drug-likeness (QED) is 0.856. The predicted octanol–water partition coefficient (Wildman–Crippen LogP) is 2.41. The third-order valence-corrected chi connectivity index (χ3v) is 3.90. The Labute approximate surface area is 94.9 Å². The van der Waals surface area contributed by atoms with Gasteiger partial charge in [-0.1, -0.05) is 6.92 Å². The van der Waals surface area contributed by atoms with Crippen molar-refractivity contribution in [2.45, 2.75) is 39.3 Å². The molecule has 4 heteroatoms. The van der Waals surface area contributed by atoms with Crippen LogP contribution in [0.3, 0.4) is 0 Å². The molecule has 1 N–H and O–H groups in total. The average Bonchev–Trinajstić information content (AvgIpc) is 2.83. The summed E-state index contributed by atoms with van der Waals surface area (Å²) in [7, 11) is 0. The maximum absolute atomic E-state index is 5.64. The topological polar surface area (TPSA) is 34.1 Å². The van der Waals surface area contributed by atoms with Crippen LogP contribution in [-0.2, 0) is 11.3 Å². The van der Waals surface area contributed by atoms with Crippen LogP contribution < -0.4 is 5.32 Å². The minimum absolute atomic E-state index is 0.268. The molecular weight excluding hydrogens is 208 g/mol. The maximum atomic E-state index is 5.64. The molecule has 1 atom stereocenters. The van der Waals surface area contributed by atoms with Crippen LogP contribution in [0.25, 0.3) is 0 Å². The Kier molecular flexibility index (Phi) is 3.72. The SMILES string of the molecule is CCNCc1sc(C2CCCO2)nc1C. The summed E-state index contributed by atoms with van der Waals surface area (Å²) in [5, 5.41) is 4.50. The molecule has 1 unspecified atom stereocenters. The van der Waals surface area contributed by atoms with Gasteiger partial charge in [-0.25, -0.2) is 4.98 Å². The molecule has 0 radical (unpaired) electrons. The Hall–Kier alpha value is -0.450. The molecule has 1 aliphatic heterocycles. The molecule has 0 aliphatic carbocycles. The highest BCUT2D eigenvalue weighted by molar-refractivity contribution is 7.11. The van der Waals surface area contributed by atoms with E-state index in [0.717, 1.165) is 36.8 Å². The number of thiazole rings is 1. The average molecular weight is 226 g/mol. The van der Waals surface area contributed by atoms with Crippen LogP contribution in [0, 0.1) is 6.92 Å². The highest BCUT2D eigenvalue weighted by Crippen LogP contribution is 2.32. The molecule has 1 aromatic heterocycles. The second-order valence-electron chi connectivity index (χ2n) is 3.84. The molecule has 0 bridgehead atoms. The van der Waals surface area contributed by atoms with Crippen molar-refractivity contribution in [1.82, 2.24) is 10.3 Å². The van der Waals surface area contributed by atoms with Gasteiger partial charge in [0.05, 0.1) is 5.69 Å². The molecule has 2 rings (SSSR count). The van der Waals surface area contributed by atoms with E-state index in [1.165, 1.54) is 11.3 Å². The molecule has 2 heterocycles. The van der Waals surface area contributed by atoms with Gasteiger partial charge in [0.25, 0.3) is 0 Å². The maximum Gasteiger partial charge on any atom is 0.122 e. The molecule has 1 saturated heterocycles. The summed E-state index contributed by atoms with van der Waals surface area (Å²) < 4.78 is 5.64. The molecule has 0 aromatic carbocycles. The lowest BCUT2D eigenvalue weighted by Gasteiger charge is -2.03. The fourth-order valence-electron chi connectivity index (χ4n) is 1.76. The van der Waals surface area contributed by atoms with Gasteiger partial charge in [-0.2, -0.15) is 0 Å². The lowest BCUT2D eigenvalue weighted by atomic mass is 10.2. The van der Waals surface area contributed by atoms with Gasteiger partial charge in [-0.05, 0) is 26.3 Å². The molecule has 0 saturated carbocycles. The molecule has 0 spiro atoms. The molecule has 3 nitrogen and oxygen atoms in total. The summed E-state index contributed by atoms with van der Waals surface area (Å²) in [6, 6.07) is 0. The number of ether oxygens (including phenoxy) is 1. The largest absolute Gasteiger partial charge is 0.371 e. The third kappa shape index (κ3) is 2.56. The number of hydrogen-bond donors (Lipinski definition) is 1. The molecular formula is C11H18N2OS. The van der Waals surface area contributed by atoms with E-state index in [-0.39, 0.29) is 6.10 Å². The number of nitrogens with zero attached hydrogens (tertiary/aromatic N) is 1. The standard InChI is InChI=1S/C11H18N2OS/c1-3-12-7-10-8(2)13-11(15-10)9-5-4-6-14-9/h9,12H,3-7H2,1-2H3. The van der Waals surface area contributed by atoms with Crippen molar-refractivity contribution in [3.8, 4) is 0 Å². The minimum atomic E-state index is 0.268. The highest BCUT2D eigenvalue weighted by Gasteiger charge is 2.21. The third-order valence-electron chi connectivity index (χ3n) is 2.65. The zero-order valence-corrected chi connectivity index (χ0v) is 10.2. The Morgan fingerprint density at radius 3 is 3.13 bits per heavy atom. The normalized spacial score (nSPS) is 21.1. The van der Waals surface area contributed by atoms with Crippen LogP contribution >= 0.6 is 11.3 Å². The fraction of sp³-hybridized carbons (Fsp3) is 0.727. The van der Waals surface area contributed by atoms with Crippen LogP contribution in [0.5, 0.6) is 0 Å². The van der Waals surface area contributed by atoms with Crippen molar-refractivity contribution < 1.29 is 4.74 Å². The summed E-state index contributed by atoms with van der Waals surface area (Å²) in [6.45, 7) is 7.05. The van der Waals surface area contributed by atoms with Crippen LogP contribution in [0.15, 0.2) is 0 Å². The van der Waals surface area contributed by atoms with E-state index in [1.54, 1.807) is 11.3 Å². The first-order valence-electron chi connectivity index (χ1n) is 5.59. The monoisotopic (exact) mass is 226 g/mol. The summed E-state index contributed by atoms with van der Waals surface area (Å²) in [5.41, 5.74) is 1.16. The summed E-state index contributed by atoms with van der Waals surface area (Å²) >= 11 is 1.80.